The molecular formula is C37H20N4OS. The van der Waals surface area contributed by atoms with Crippen LogP contribution in [0.2, 0.25) is 0 Å². The fourth-order valence-corrected chi connectivity index (χ4v) is 7.67. The summed E-state index contributed by atoms with van der Waals surface area (Å²) in [6.07, 6.45) is 1.99. The highest BCUT2D eigenvalue weighted by molar-refractivity contribution is 7.26. The second-order valence-electron chi connectivity index (χ2n) is 10.8. The van der Waals surface area contributed by atoms with E-state index in [1.807, 2.05) is 42.6 Å². The Balaban J connectivity index is 1.41. The van der Waals surface area contributed by atoms with Crippen molar-refractivity contribution < 1.29 is 4.42 Å². The summed E-state index contributed by atoms with van der Waals surface area (Å²) in [4.78, 5) is 15.5. The van der Waals surface area contributed by atoms with E-state index in [2.05, 4.69) is 83.4 Å². The number of furan rings is 1. The van der Waals surface area contributed by atoms with E-state index in [1.54, 1.807) is 11.3 Å². The minimum Gasteiger partial charge on any atom is -0.454 e. The van der Waals surface area contributed by atoms with Crippen LogP contribution in [0.4, 0.5) is 0 Å². The molecule has 0 N–H and O–H groups in total. The molecule has 0 aliphatic rings. The maximum absolute atomic E-state index is 6.43. The van der Waals surface area contributed by atoms with Gasteiger partial charge in [0.05, 0.1) is 21.3 Å². The molecule has 0 radical (unpaired) electrons. The van der Waals surface area contributed by atoms with E-state index in [1.165, 1.54) is 4.70 Å². The summed E-state index contributed by atoms with van der Waals surface area (Å²) >= 11 is 1.74. The van der Waals surface area contributed by atoms with Crippen molar-refractivity contribution >= 4 is 86.3 Å². The molecule has 0 atom stereocenters. The minimum absolute atomic E-state index is 0.704. The number of thiophene rings is 1. The zero-order chi connectivity index (χ0) is 28.1. The number of benzene rings is 5. The van der Waals surface area contributed by atoms with Crippen LogP contribution < -0.4 is 0 Å². The van der Waals surface area contributed by atoms with Crippen molar-refractivity contribution in [2.24, 2.45) is 0 Å². The van der Waals surface area contributed by atoms with Crippen LogP contribution >= 0.6 is 11.3 Å². The van der Waals surface area contributed by atoms with Gasteiger partial charge < -0.3 is 4.42 Å². The molecule has 0 spiro atoms. The normalized spacial score (nSPS) is 12.2. The van der Waals surface area contributed by atoms with Crippen molar-refractivity contribution in [2.75, 3.05) is 0 Å². The summed E-state index contributed by atoms with van der Waals surface area (Å²) in [6, 6.07) is 39.8. The molecule has 5 aromatic carbocycles. The molecule has 5 nitrogen and oxygen atoms in total. The highest BCUT2D eigenvalue weighted by Gasteiger charge is 2.23. The van der Waals surface area contributed by atoms with Crippen LogP contribution in [0.15, 0.2) is 126 Å². The average Bonchev–Trinajstić information content (AvgIpc) is 3.74. The molecule has 0 amide bonds. The Morgan fingerprint density at radius 1 is 0.581 bits per heavy atom. The van der Waals surface area contributed by atoms with Crippen molar-refractivity contribution in [3.63, 3.8) is 0 Å². The van der Waals surface area contributed by atoms with Crippen molar-refractivity contribution in [2.45, 2.75) is 0 Å². The number of aromatic nitrogens is 4. The Morgan fingerprint density at radius 2 is 1.33 bits per heavy atom. The van der Waals surface area contributed by atoms with E-state index in [0.717, 1.165) is 81.6 Å². The Labute approximate surface area is 248 Å². The summed E-state index contributed by atoms with van der Waals surface area (Å²) in [7, 11) is 0. The molecule has 5 aromatic heterocycles. The first kappa shape index (κ1) is 23.0. The lowest BCUT2D eigenvalue weighted by atomic mass is 10.1. The Morgan fingerprint density at radius 3 is 2.23 bits per heavy atom. The third-order valence-corrected chi connectivity index (χ3v) is 9.61. The lowest BCUT2D eigenvalue weighted by Gasteiger charge is -2.12. The van der Waals surface area contributed by atoms with Crippen LogP contribution in [-0.2, 0) is 0 Å². The molecule has 0 unspecified atom stereocenters. The SMILES string of the molecule is c1ccc(-c2nc(-n3c4ccccc4c4cnc5c(ccc6c7ccccc7oc65)c43)c3sc4ccccc4c3n2)cc1. The number of hydrogen-bond acceptors (Lipinski definition) is 5. The quantitative estimate of drug-likeness (QED) is 0.208. The molecule has 200 valence electrons. The van der Waals surface area contributed by atoms with Crippen LogP contribution in [0.1, 0.15) is 0 Å². The summed E-state index contributed by atoms with van der Waals surface area (Å²) in [5, 5.41) is 6.53. The van der Waals surface area contributed by atoms with E-state index >= 15 is 0 Å². The smallest absolute Gasteiger partial charge is 0.162 e. The van der Waals surface area contributed by atoms with Crippen molar-refractivity contribution in [3.8, 4) is 17.2 Å². The van der Waals surface area contributed by atoms with Crippen LogP contribution in [0.3, 0.4) is 0 Å². The number of fused-ring (bicyclic) bond motifs is 12. The highest BCUT2D eigenvalue weighted by atomic mass is 32.1. The number of rotatable bonds is 2. The van der Waals surface area contributed by atoms with Gasteiger partial charge in [0.1, 0.15) is 11.1 Å². The first-order chi connectivity index (χ1) is 21.3. The molecule has 5 heterocycles. The molecule has 6 heteroatoms. The Kier molecular flexibility index (Phi) is 4.54. The maximum Gasteiger partial charge on any atom is 0.162 e. The van der Waals surface area contributed by atoms with E-state index in [4.69, 9.17) is 19.4 Å². The minimum atomic E-state index is 0.704. The number of hydrogen-bond donors (Lipinski definition) is 0. The van der Waals surface area contributed by atoms with Gasteiger partial charge in [0.25, 0.3) is 0 Å². The molecule has 43 heavy (non-hydrogen) atoms. The molecular weight excluding hydrogens is 549 g/mol. The third kappa shape index (κ3) is 3.13. The molecule has 0 aliphatic heterocycles. The standard InChI is InChI=1S/C37H20N4OS/c1-2-10-21(11-3-1)36-39-32-25-14-6-9-17-30(25)43-35(32)37(40-36)41-28-15-7-4-12-22(28)27-20-38-31-26(33(27)41)19-18-24-23-13-5-8-16-29(23)42-34(24)31/h1-20H. The second-order valence-corrected chi connectivity index (χ2v) is 11.9. The molecule has 0 saturated heterocycles. The van der Waals surface area contributed by atoms with Gasteiger partial charge in [-0.25, -0.2) is 9.97 Å². The van der Waals surface area contributed by atoms with Gasteiger partial charge in [0, 0.05) is 48.8 Å². The van der Waals surface area contributed by atoms with Crippen LogP contribution in [-0.4, -0.2) is 19.5 Å². The first-order valence-corrected chi connectivity index (χ1v) is 15.0. The third-order valence-electron chi connectivity index (χ3n) is 8.46. The predicted molar refractivity (Wildman–Crippen MR) is 177 cm³/mol. The summed E-state index contributed by atoms with van der Waals surface area (Å²) in [5.41, 5.74) is 6.60. The zero-order valence-electron chi connectivity index (χ0n) is 22.7. The van der Waals surface area contributed by atoms with Gasteiger partial charge in [0.15, 0.2) is 17.2 Å². The Hall–Kier alpha value is -5.59. The second kappa shape index (κ2) is 8.47. The molecule has 0 saturated carbocycles. The molecule has 0 aliphatic carbocycles. The summed E-state index contributed by atoms with van der Waals surface area (Å²) < 4.78 is 11.0. The van der Waals surface area contributed by atoms with Crippen LogP contribution in [0.5, 0.6) is 0 Å². The lowest BCUT2D eigenvalue weighted by Crippen LogP contribution is -2.02. The molecule has 0 bridgehead atoms. The van der Waals surface area contributed by atoms with Crippen LogP contribution in [0.25, 0.3) is 92.2 Å². The number of para-hydroxylation sites is 2. The zero-order valence-corrected chi connectivity index (χ0v) is 23.5. The molecule has 10 aromatic rings. The van der Waals surface area contributed by atoms with Crippen molar-refractivity contribution in [1.82, 2.24) is 19.5 Å². The van der Waals surface area contributed by atoms with Gasteiger partial charge >= 0.3 is 0 Å². The monoisotopic (exact) mass is 568 g/mol. The number of pyridine rings is 1. The topological polar surface area (TPSA) is 56.7 Å². The van der Waals surface area contributed by atoms with Crippen molar-refractivity contribution in [1.29, 1.82) is 0 Å². The summed E-state index contributed by atoms with van der Waals surface area (Å²) in [5.74, 6) is 1.57. The predicted octanol–water partition coefficient (Wildman–Crippen LogP) is 10.1. The lowest BCUT2D eigenvalue weighted by molar-refractivity contribution is 0.671. The van der Waals surface area contributed by atoms with Gasteiger partial charge in [0.2, 0.25) is 0 Å². The number of nitrogens with zero attached hydrogens (tertiary/aromatic N) is 4. The van der Waals surface area contributed by atoms with E-state index in [-0.39, 0.29) is 0 Å². The fourth-order valence-electron chi connectivity index (χ4n) is 6.55. The van der Waals surface area contributed by atoms with E-state index in [9.17, 15) is 0 Å². The maximum atomic E-state index is 6.43. The molecule has 0 fully saturated rings. The van der Waals surface area contributed by atoms with Gasteiger partial charge in [-0.05, 0) is 30.3 Å². The highest BCUT2D eigenvalue weighted by Crippen LogP contribution is 2.43. The van der Waals surface area contributed by atoms with Gasteiger partial charge in [-0.3, -0.25) is 9.55 Å². The van der Waals surface area contributed by atoms with E-state index in [0.29, 0.717) is 5.82 Å². The fraction of sp³-hybridized carbons (Fsp3) is 0. The summed E-state index contributed by atoms with van der Waals surface area (Å²) in [6.45, 7) is 0. The van der Waals surface area contributed by atoms with Gasteiger partial charge in [-0.15, -0.1) is 11.3 Å². The van der Waals surface area contributed by atoms with Crippen LogP contribution in [0, 0.1) is 0 Å². The van der Waals surface area contributed by atoms with Gasteiger partial charge in [-0.1, -0.05) is 84.9 Å². The first-order valence-electron chi connectivity index (χ1n) is 14.2. The largest absolute Gasteiger partial charge is 0.454 e. The van der Waals surface area contributed by atoms with Gasteiger partial charge in [-0.2, -0.15) is 0 Å². The van der Waals surface area contributed by atoms with Crippen molar-refractivity contribution in [3.05, 3.63) is 121 Å². The Bertz CT molecular complexity index is 2740. The molecule has 10 rings (SSSR count). The van der Waals surface area contributed by atoms with E-state index < -0.39 is 0 Å². The average molecular weight is 569 g/mol.